The number of nitrogens with one attached hydrogen (secondary N) is 1. The van der Waals surface area contributed by atoms with Gasteiger partial charge in [-0.15, -0.1) is 0 Å². The smallest absolute Gasteiger partial charge is 0.326 e. The monoisotopic (exact) mass is 513 g/mol. The summed E-state index contributed by atoms with van der Waals surface area (Å²) in [5, 5.41) is 3.11. The van der Waals surface area contributed by atoms with E-state index in [1.807, 2.05) is 37.3 Å². The van der Waals surface area contributed by atoms with Gasteiger partial charge in [-0.3, -0.25) is 24.6 Å². The highest BCUT2D eigenvalue weighted by molar-refractivity contribution is 7.89. The molecule has 2 aliphatic rings. The molecule has 0 bridgehead atoms. The molecule has 4 rings (SSSR count). The zero-order valence-corrected chi connectivity index (χ0v) is 21.6. The minimum Gasteiger partial charge on any atom is -0.468 e. The minimum atomic E-state index is -3.87. The van der Waals surface area contributed by atoms with Gasteiger partial charge in [-0.05, 0) is 31.5 Å². The van der Waals surface area contributed by atoms with Crippen molar-refractivity contribution in [2.45, 2.75) is 43.8 Å². The Labute approximate surface area is 211 Å². The number of amides is 2. The van der Waals surface area contributed by atoms with Gasteiger partial charge < -0.3 is 4.74 Å². The van der Waals surface area contributed by atoms with Gasteiger partial charge in [-0.25, -0.2) is 8.42 Å². The van der Waals surface area contributed by atoms with Crippen LogP contribution in [-0.4, -0.2) is 67.2 Å². The third-order valence-corrected chi connectivity index (χ3v) is 9.14. The van der Waals surface area contributed by atoms with Gasteiger partial charge in [0.2, 0.25) is 21.8 Å². The number of imide groups is 1. The summed E-state index contributed by atoms with van der Waals surface area (Å²) in [7, 11) is -2.65. The van der Waals surface area contributed by atoms with Crippen LogP contribution in [0.5, 0.6) is 0 Å². The molecule has 2 amide bonds. The Bertz CT molecular complexity index is 1260. The molecule has 2 fully saturated rings. The van der Waals surface area contributed by atoms with E-state index in [0.29, 0.717) is 0 Å². The highest BCUT2D eigenvalue weighted by Gasteiger charge is 2.66. The fraction of sp³-hybridized carbons (Fsp3) is 0.423. The number of carbonyl (C=O) groups excluding carboxylic acids is 3. The van der Waals surface area contributed by atoms with Crippen LogP contribution in [0.2, 0.25) is 0 Å². The molecule has 9 nitrogen and oxygen atoms in total. The summed E-state index contributed by atoms with van der Waals surface area (Å²) >= 11 is 0. The lowest BCUT2D eigenvalue weighted by Crippen LogP contribution is -2.56. The molecule has 2 aliphatic heterocycles. The van der Waals surface area contributed by atoms with Gasteiger partial charge in [-0.2, -0.15) is 4.31 Å². The van der Waals surface area contributed by atoms with Crippen LogP contribution in [0.4, 0.5) is 0 Å². The van der Waals surface area contributed by atoms with Crippen LogP contribution < -0.4 is 5.32 Å². The molecule has 0 aromatic heterocycles. The van der Waals surface area contributed by atoms with E-state index in [2.05, 4.69) is 5.32 Å². The number of methoxy groups -OCH3 is 1. The lowest BCUT2D eigenvalue weighted by molar-refractivity contribution is -0.153. The van der Waals surface area contributed by atoms with Gasteiger partial charge in [0.25, 0.3) is 0 Å². The van der Waals surface area contributed by atoms with Crippen molar-refractivity contribution in [1.29, 1.82) is 0 Å². The van der Waals surface area contributed by atoms with Crippen LogP contribution in [0.15, 0.2) is 59.5 Å². The number of likely N-dealkylation sites (tertiary alicyclic amines) is 1. The van der Waals surface area contributed by atoms with Crippen molar-refractivity contribution in [3.63, 3.8) is 0 Å². The highest BCUT2D eigenvalue weighted by atomic mass is 32.2. The first kappa shape index (κ1) is 26.0. The van der Waals surface area contributed by atoms with Crippen LogP contribution in [0.1, 0.15) is 25.0 Å². The zero-order valence-electron chi connectivity index (χ0n) is 20.8. The van der Waals surface area contributed by atoms with Gasteiger partial charge in [0, 0.05) is 19.1 Å². The summed E-state index contributed by atoms with van der Waals surface area (Å²) in [6.45, 7) is 5.26. The summed E-state index contributed by atoms with van der Waals surface area (Å²) in [5.74, 6) is -3.49. The molecule has 10 heteroatoms. The lowest BCUT2D eigenvalue weighted by Gasteiger charge is -2.30. The standard InChI is InChI=1S/C26H31N3O6S/c1-5-28(36(33,34)19-13-11-17(2)12-14-19)16-20-21-22(26(3,27-20)25(32)35-4)24(31)29(23(21)30)15-18-9-7-6-8-10-18/h6-14,20-22,27H,5,15-16H2,1-4H3/t20-,21+,22-,26-/m1/s1. The van der Waals surface area contributed by atoms with Crippen molar-refractivity contribution in [2.75, 3.05) is 20.2 Å². The van der Waals surface area contributed by atoms with E-state index in [1.54, 1.807) is 38.1 Å². The van der Waals surface area contributed by atoms with E-state index >= 15 is 0 Å². The number of ether oxygens (including phenoxy) is 1. The van der Waals surface area contributed by atoms with Crippen LogP contribution in [0.3, 0.4) is 0 Å². The summed E-state index contributed by atoms with van der Waals surface area (Å²) in [4.78, 5) is 41.3. The first-order valence-corrected chi connectivity index (χ1v) is 13.3. The Hall–Kier alpha value is -3.08. The molecule has 36 heavy (non-hydrogen) atoms. The molecule has 0 radical (unpaired) electrons. The average molecular weight is 514 g/mol. The molecule has 0 saturated carbocycles. The molecule has 1 N–H and O–H groups in total. The summed E-state index contributed by atoms with van der Waals surface area (Å²) in [5.41, 5.74) is 0.232. The van der Waals surface area contributed by atoms with Crippen LogP contribution in [0, 0.1) is 18.8 Å². The van der Waals surface area contributed by atoms with Crippen molar-refractivity contribution in [1.82, 2.24) is 14.5 Å². The number of hydrogen-bond donors (Lipinski definition) is 1. The number of nitrogens with zero attached hydrogens (tertiary/aromatic N) is 2. The van der Waals surface area contributed by atoms with E-state index in [0.717, 1.165) is 11.1 Å². The first-order chi connectivity index (χ1) is 17.0. The SMILES string of the molecule is CCN(C[C@H]1N[C@@](C)(C(=O)OC)[C@H]2C(=O)N(Cc3ccccc3)C(=O)[C@@H]12)S(=O)(=O)c1ccc(C)cc1. The van der Waals surface area contributed by atoms with Crippen LogP contribution in [-0.2, 0) is 35.7 Å². The maximum Gasteiger partial charge on any atom is 0.326 e. The molecule has 192 valence electrons. The second-order valence-electron chi connectivity index (χ2n) is 9.47. The number of aryl methyl sites for hydroxylation is 1. The normalized spacial score (nSPS) is 25.9. The van der Waals surface area contributed by atoms with Crippen LogP contribution in [0.25, 0.3) is 0 Å². The zero-order chi connectivity index (χ0) is 26.3. The molecule has 2 aromatic rings. The third kappa shape index (κ3) is 4.33. The molecule has 4 atom stereocenters. The minimum absolute atomic E-state index is 0.0780. The predicted molar refractivity (Wildman–Crippen MR) is 132 cm³/mol. The number of sulfonamides is 1. The van der Waals surface area contributed by atoms with Crippen molar-refractivity contribution in [3.05, 3.63) is 65.7 Å². The van der Waals surface area contributed by atoms with Crippen LogP contribution >= 0.6 is 0 Å². The van der Waals surface area contributed by atoms with Gasteiger partial charge in [-0.1, -0.05) is 55.0 Å². The van der Waals surface area contributed by atoms with Gasteiger partial charge in [0.1, 0.15) is 5.54 Å². The Morgan fingerprint density at radius 3 is 2.31 bits per heavy atom. The Balaban J connectivity index is 1.68. The number of likely N-dealkylation sites (N-methyl/N-ethyl adjacent to an activating group) is 1. The first-order valence-electron chi connectivity index (χ1n) is 11.9. The number of rotatable bonds is 8. The van der Waals surface area contributed by atoms with E-state index < -0.39 is 51.2 Å². The fourth-order valence-corrected chi connectivity index (χ4v) is 6.76. The van der Waals surface area contributed by atoms with E-state index in [1.165, 1.54) is 16.3 Å². The Kier molecular flexibility index (Phi) is 7.05. The highest BCUT2D eigenvalue weighted by Crippen LogP contribution is 2.44. The number of hydrogen-bond acceptors (Lipinski definition) is 7. The lowest BCUT2D eigenvalue weighted by atomic mass is 9.81. The molecule has 0 unspecified atom stereocenters. The predicted octanol–water partition coefficient (Wildman–Crippen LogP) is 1.71. The average Bonchev–Trinajstić information content (AvgIpc) is 3.31. The molecule has 2 aromatic carbocycles. The van der Waals surface area contributed by atoms with Gasteiger partial charge in [0.15, 0.2) is 0 Å². The molecule has 2 saturated heterocycles. The second-order valence-corrected chi connectivity index (χ2v) is 11.4. The number of fused-ring (bicyclic) bond motifs is 1. The third-order valence-electron chi connectivity index (χ3n) is 7.19. The topological polar surface area (TPSA) is 113 Å². The maximum atomic E-state index is 13.6. The summed E-state index contributed by atoms with van der Waals surface area (Å²) in [6.07, 6.45) is 0. The van der Waals surface area contributed by atoms with Gasteiger partial charge in [0.05, 0.1) is 30.4 Å². The summed E-state index contributed by atoms with van der Waals surface area (Å²) in [6, 6.07) is 14.9. The van der Waals surface area contributed by atoms with Crippen molar-refractivity contribution in [2.24, 2.45) is 11.8 Å². The number of esters is 1. The molecular weight excluding hydrogens is 482 g/mol. The molecule has 2 heterocycles. The van der Waals surface area contributed by atoms with E-state index in [4.69, 9.17) is 4.74 Å². The quantitative estimate of drug-likeness (QED) is 0.422. The second kappa shape index (κ2) is 9.76. The Morgan fingerprint density at radius 2 is 1.72 bits per heavy atom. The van der Waals surface area contributed by atoms with E-state index in [9.17, 15) is 22.8 Å². The summed E-state index contributed by atoms with van der Waals surface area (Å²) < 4.78 is 33.1. The van der Waals surface area contributed by atoms with Crippen molar-refractivity contribution >= 4 is 27.8 Å². The van der Waals surface area contributed by atoms with Crippen molar-refractivity contribution in [3.8, 4) is 0 Å². The van der Waals surface area contributed by atoms with Crippen molar-refractivity contribution < 1.29 is 27.5 Å². The van der Waals surface area contributed by atoms with Gasteiger partial charge >= 0.3 is 5.97 Å². The number of carbonyl (C=O) groups is 3. The molecule has 0 spiro atoms. The molecule has 0 aliphatic carbocycles. The number of benzene rings is 2. The fourth-order valence-electron chi connectivity index (χ4n) is 5.28. The largest absolute Gasteiger partial charge is 0.468 e. The maximum absolute atomic E-state index is 13.6. The van der Waals surface area contributed by atoms with E-state index in [-0.39, 0.29) is 24.5 Å². The Morgan fingerprint density at radius 1 is 1.08 bits per heavy atom. The molecular formula is C26H31N3O6S.